The number of aromatic nitrogens is 2. The van der Waals surface area contributed by atoms with Gasteiger partial charge in [-0.15, -0.1) is 11.6 Å². The molecule has 0 fully saturated rings. The Morgan fingerprint density at radius 3 is 2.62 bits per heavy atom. The SMILES string of the molecule is Fc1cc(F)c(-n2c(CCl)nc3ccc(Br)cc32)c(Cl)c1. The Morgan fingerprint density at radius 2 is 1.95 bits per heavy atom. The fourth-order valence-electron chi connectivity index (χ4n) is 2.19. The molecule has 0 N–H and O–H groups in total. The van der Waals surface area contributed by atoms with Gasteiger partial charge in [0, 0.05) is 10.5 Å². The Hall–Kier alpha value is -1.17. The Kier molecular flexibility index (Phi) is 3.90. The number of imidazole rings is 1. The Labute approximate surface area is 137 Å². The van der Waals surface area contributed by atoms with Crippen LogP contribution >= 0.6 is 39.1 Å². The molecule has 0 unspecified atom stereocenters. The highest BCUT2D eigenvalue weighted by Crippen LogP contribution is 2.31. The summed E-state index contributed by atoms with van der Waals surface area (Å²) in [5.41, 5.74) is 1.32. The summed E-state index contributed by atoms with van der Waals surface area (Å²) >= 11 is 15.3. The van der Waals surface area contributed by atoms with Gasteiger partial charge in [-0.25, -0.2) is 13.8 Å². The first kappa shape index (κ1) is 14.8. The van der Waals surface area contributed by atoms with Gasteiger partial charge in [0.25, 0.3) is 0 Å². The molecule has 0 saturated heterocycles. The summed E-state index contributed by atoms with van der Waals surface area (Å²) in [5, 5.41) is -0.0434. The summed E-state index contributed by atoms with van der Waals surface area (Å²) in [6, 6.07) is 7.21. The number of benzene rings is 2. The van der Waals surface area contributed by atoms with Crippen molar-refractivity contribution in [3.8, 4) is 5.69 Å². The van der Waals surface area contributed by atoms with Crippen molar-refractivity contribution in [1.29, 1.82) is 0 Å². The number of hydrogen-bond acceptors (Lipinski definition) is 1. The molecule has 0 aliphatic carbocycles. The molecule has 0 bridgehead atoms. The van der Waals surface area contributed by atoms with Crippen LogP contribution in [0.15, 0.2) is 34.8 Å². The molecule has 3 aromatic rings. The molecule has 21 heavy (non-hydrogen) atoms. The highest BCUT2D eigenvalue weighted by molar-refractivity contribution is 9.10. The van der Waals surface area contributed by atoms with E-state index in [1.807, 2.05) is 6.07 Å². The van der Waals surface area contributed by atoms with Gasteiger partial charge in [-0.05, 0) is 24.3 Å². The Balaban J connectivity index is 2.41. The molecule has 1 aromatic heterocycles. The van der Waals surface area contributed by atoms with E-state index in [0.29, 0.717) is 16.9 Å². The van der Waals surface area contributed by atoms with E-state index in [2.05, 4.69) is 20.9 Å². The van der Waals surface area contributed by atoms with Crippen molar-refractivity contribution in [3.05, 3.63) is 57.3 Å². The van der Waals surface area contributed by atoms with Gasteiger partial charge in [-0.1, -0.05) is 27.5 Å². The molecule has 108 valence electrons. The fourth-order valence-corrected chi connectivity index (χ4v) is 2.99. The van der Waals surface area contributed by atoms with E-state index in [-0.39, 0.29) is 16.6 Å². The van der Waals surface area contributed by atoms with Gasteiger partial charge in [0.1, 0.15) is 17.3 Å². The average molecular weight is 392 g/mol. The maximum Gasteiger partial charge on any atom is 0.151 e. The number of nitrogens with zero attached hydrogens (tertiary/aromatic N) is 2. The van der Waals surface area contributed by atoms with Gasteiger partial charge < -0.3 is 0 Å². The lowest BCUT2D eigenvalue weighted by Crippen LogP contribution is -2.04. The van der Waals surface area contributed by atoms with Crippen LogP contribution in [0.2, 0.25) is 5.02 Å². The van der Waals surface area contributed by atoms with Crippen LogP contribution in [0.3, 0.4) is 0 Å². The minimum Gasteiger partial charge on any atom is -0.291 e. The topological polar surface area (TPSA) is 17.8 Å². The largest absolute Gasteiger partial charge is 0.291 e. The van der Waals surface area contributed by atoms with Crippen molar-refractivity contribution >= 4 is 50.2 Å². The minimum atomic E-state index is -0.773. The Bertz CT molecular complexity index is 825. The first-order valence-electron chi connectivity index (χ1n) is 5.89. The number of rotatable bonds is 2. The molecular formula is C14H7BrCl2F2N2. The van der Waals surface area contributed by atoms with Crippen LogP contribution in [-0.2, 0) is 5.88 Å². The summed E-state index contributed by atoms with van der Waals surface area (Å²) in [7, 11) is 0. The standard InChI is InChI=1S/C14H7BrCl2F2N2/c15-7-1-2-11-12(3-7)21(13(6-16)20-11)14-9(17)4-8(18)5-10(14)19/h1-5H,6H2. The molecule has 3 rings (SSSR count). The summed E-state index contributed by atoms with van der Waals surface area (Å²) in [6.07, 6.45) is 0. The number of alkyl halides is 1. The van der Waals surface area contributed by atoms with Crippen molar-refractivity contribution in [1.82, 2.24) is 9.55 Å². The highest BCUT2D eigenvalue weighted by Gasteiger charge is 2.19. The van der Waals surface area contributed by atoms with Gasteiger partial charge in [0.2, 0.25) is 0 Å². The normalized spacial score (nSPS) is 11.3. The molecule has 0 aliphatic rings. The van der Waals surface area contributed by atoms with Crippen molar-refractivity contribution in [3.63, 3.8) is 0 Å². The average Bonchev–Trinajstić information content (AvgIpc) is 2.76. The number of hydrogen-bond donors (Lipinski definition) is 0. The zero-order valence-corrected chi connectivity index (χ0v) is 13.5. The van der Waals surface area contributed by atoms with Crippen LogP contribution in [0.5, 0.6) is 0 Å². The zero-order valence-electron chi connectivity index (χ0n) is 10.4. The third-order valence-corrected chi connectivity index (χ3v) is 4.03. The highest BCUT2D eigenvalue weighted by atomic mass is 79.9. The molecular weight excluding hydrogens is 385 g/mol. The second kappa shape index (κ2) is 5.55. The van der Waals surface area contributed by atoms with Crippen LogP contribution in [0.25, 0.3) is 16.7 Å². The van der Waals surface area contributed by atoms with E-state index in [4.69, 9.17) is 23.2 Å². The molecule has 1 heterocycles. The van der Waals surface area contributed by atoms with Gasteiger partial charge in [-0.3, -0.25) is 4.57 Å². The monoisotopic (exact) mass is 390 g/mol. The molecule has 0 spiro atoms. The maximum absolute atomic E-state index is 14.2. The van der Waals surface area contributed by atoms with E-state index in [9.17, 15) is 8.78 Å². The first-order valence-corrected chi connectivity index (χ1v) is 7.59. The predicted octanol–water partition coefficient (Wildman–Crippen LogP) is 5.46. The van der Waals surface area contributed by atoms with Gasteiger partial charge >= 0.3 is 0 Å². The van der Waals surface area contributed by atoms with E-state index in [1.165, 1.54) is 4.57 Å². The van der Waals surface area contributed by atoms with Crippen LogP contribution < -0.4 is 0 Å². The summed E-state index contributed by atoms with van der Waals surface area (Å²) < 4.78 is 29.7. The molecule has 0 radical (unpaired) electrons. The van der Waals surface area contributed by atoms with Crippen molar-refractivity contribution in [2.75, 3.05) is 0 Å². The van der Waals surface area contributed by atoms with Crippen LogP contribution in [-0.4, -0.2) is 9.55 Å². The second-order valence-electron chi connectivity index (χ2n) is 4.35. The second-order valence-corrected chi connectivity index (χ2v) is 5.94. The Morgan fingerprint density at radius 1 is 1.19 bits per heavy atom. The third-order valence-electron chi connectivity index (χ3n) is 3.01. The third kappa shape index (κ3) is 2.54. The number of fused-ring (bicyclic) bond motifs is 1. The van der Waals surface area contributed by atoms with Gasteiger partial charge in [0.15, 0.2) is 5.82 Å². The molecule has 0 saturated carbocycles. The smallest absolute Gasteiger partial charge is 0.151 e. The maximum atomic E-state index is 14.2. The lowest BCUT2D eigenvalue weighted by molar-refractivity contribution is 0.578. The predicted molar refractivity (Wildman–Crippen MR) is 83.3 cm³/mol. The first-order chi connectivity index (χ1) is 10.0. The molecule has 2 nitrogen and oxygen atoms in total. The zero-order chi connectivity index (χ0) is 15.1. The van der Waals surface area contributed by atoms with Crippen LogP contribution in [0.4, 0.5) is 8.78 Å². The minimum absolute atomic E-state index is 0.0364. The molecule has 7 heteroatoms. The molecule has 0 amide bonds. The molecule has 0 atom stereocenters. The van der Waals surface area contributed by atoms with Gasteiger partial charge in [-0.2, -0.15) is 0 Å². The summed E-state index contributed by atoms with van der Waals surface area (Å²) in [6.45, 7) is 0. The lowest BCUT2D eigenvalue weighted by Gasteiger charge is -2.11. The van der Waals surface area contributed by atoms with Crippen LogP contribution in [0.1, 0.15) is 5.82 Å². The van der Waals surface area contributed by atoms with E-state index < -0.39 is 11.6 Å². The van der Waals surface area contributed by atoms with E-state index in [0.717, 1.165) is 16.6 Å². The summed E-state index contributed by atoms with van der Waals surface area (Å²) in [5.74, 6) is -1.01. The lowest BCUT2D eigenvalue weighted by atomic mass is 10.2. The van der Waals surface area contributed by atoms with Crippen molar-refractivity contribution in [2.24, 2.45) is 0 Å². The number of halogens is 5. The quantitative estimate of drug-likeness (QED) is 0.530. The molecule has 0 aliphatic heterocycles. The van der Waals surface area contributed by atoms with E-state index >= 15 is 0 Å². The summed E-state index contributed by atoms with van der Waals surface area (Å²) in [4.78, 5) is 4.34. The van der Waals surface area contributed by atoms with Crippen LogP contribution in [0, 0.1) is 11.6 Å². The molecule has 2 aromatic carbocycles. The van der Waals surface area contributed by atoms with Crippen molar-refractivity contribution < 1.29 is 8.78 Å². The van der Waals surface area contributed by atoms with Gasteiger partial charge in [0.05, 0.1) is 21.9 Å². The fraction of sp³-hybridized carbons (Fsp3) is 0.0714. The van der Waals surface area contributed by atoms with E-state index in [1.54, 1.807) is 12.1 Å². The van der Waals surface area contributed by atoms with Crippen molar-refractivity contribution in [2.45, 2.75) is 5.88 Å².